The molecule has 3 heteroatoms. The number of hydrogen-bond donors (Lipinski definition) is 0. The van der Waals surface area contributed by atoms with Gasteiger partial charge in [0.25, 0.3) is 0 Å². The molecule has 0 aromatic heterocycles. The van der Waals surface area contributed by atoms with E-state index < -0.39 is 0 Å². The van der Waals surface area contributed by atoms with Crippen LogP contribution < -0.4 is 0 Å². The van der Waals surface area contributed by atoms with Crippen LogP contribution in [0.2, 0.25) is 5.02 Å². The second kappa shape index (κ2) is 5.67. The molecule has 0 atom stereocenters. The molecule has 0 aliphatic rings. The smallest absolute Gasteiger partial charge is 0.0406 e. The molecule has 2 aromatic rings. The van der Waals surface area contributed by atoms with Crippen LogP contribution in [0.1, 0.15) is 0 Å². The summed E-state index contributed by atoms with van der Waals surface area (Å²) in [5.74, 6) is 0. The average molecular weight is 267 g/mol. The molecule has 0 saturated heterocycles. The monoisotopic (exact) mass is 266 g/mol. The highest BCUT2D eigenvalue weighted by atomic mass is 35.5. The van der Waals surface area contributed by atoms with Crippen LogP contribution in [0.25, 0.3) is 0 Å². The minimum atomic E-state index is 0.780. The van der Waals surface area contributed by atoms with Gasteiger partial charge in [-0.3, -0.25) is 0 Å². The number of halogens is 1. The van der Waals surface area contributed by atoms with Crippen molar-refractivity contribution in [1.82, 2.24) is 0 Å². The van der Waals surface area contributed by atoms with E-state index in [1.54, 1.807) is 23.5 Å². The van der Waals surface area contributed by atoms with Gasteiger partial charge in [0.1, 0.15) is 0 Å². The second-order valence-corrected chi connectivity index (χ2v) is 5.61. The number of benzene rings is 2. The fraction of sp³-hybridized carbons (Fsp3) is 0.0769. The summed E-state index contributed by atoms with van der Waals surface area (Å²) < 4.78 is 0. The topological polar surface area (TPSA) is 0 Å². The van der Waals surface area contributed by atoms with Crippen LogP contribution >= 0.6 is 35.1 Å². The molecule has 16 heavy (non-hydrogen) atoms. The van der Waals surface area contributed by atoms with Gasteiger partial charge < -0.3 is 0 Å². The number of hydrogen-bond acceptors (Lipinski definition) is 2. The van der Waals surface area contributed by atoms with Crippen LogP contribution in [0.15, 0.2) is 63.2 Å². The molecule has 0 fully saturated rings. The Kier molecular flexibility index (Phi) is 4.22. The molecule has 0 aliphatic heterocycles. The largest absolute Gasteiger partial charge is 0.128 e. The molecule has 2 rings (SSSR count). The zero-order chi connectivity index (χ0) is 11.4. The first-order chi connectivity index (χ1) is 7.79. The van der Waals surface area contributed by atoms with Gasteiger partial charge in [0.2, 0.25) is 0 Å². The summed E-state index contributed by atoms with van der Waals surface area (Å²) in [6, 6.07) is 16.4. The molecule has 82 valence electrons. The molecule has 2 aromatic carbocycles. The lowest BCUT2D eigenvalue weighted by atomic mass is 10.4. The van der Waals surface area contributed by atoms with E-state index >= 15 is 0 Å². The van der Waals surface area contributed by atoms with Gasteiger partial charge in [-0.25, -0.2) is 0 Å². The van der Waals surface area contributed by atoms with Crippen LogP contribution in [-0.2, 0) is 0 Å². The second-order valence-electron chi connectivity index (χ2n) is 3.21. The fourth-order valence-electron chi connectivity index (χ4n) is 1.33. The summed E-state index contributed by atoms with van der Waals surface area (Å²) in [6.07, 6.45) is 2.10. The zero-order valence-electron chi connectivity index (χ0n) is 8.81. The van der Waals surface area contributed by atoms with Crippen LogP contribution in [0.5, 0.6) is 0 Å². The first kappa shape index (κ1) is 11.9. The molecule has 0 unspecified atom stereocenters. The van der Waals surface area contributed by atoms with Crippen molar-refractivity contribution < 1.29 is 0 Å². The van der Waals surface area contributed by atoms with Crippen LogP contribution in [0.3, 0.4) is 0 Å². The van der Waals surface area contributed by atoms with Gasteiger partial charge >= 0.3 is 0 Å². The van der Waals surface area contributed by atoms with Crippen molar-refractivity contribution in [2.75, 3.05) is 6.26 Å². The Bertz CT molecular complexity index is 466. The Hall–Kier alpha value is -0.570. The first-order valence-corrected chi connectivity index (χ1v) is 7.28. The van der Waals surface area contributed by atoms with Gasteiger partial charge in [-0.05, 0) is 42.7 Å². The molecule has 0 aliphatic carbocycles. The fourth-order valence-corrected chi connectivity index (χ4v) is 3.16. The van der Waals surface area contributed by atoms with Gasteiger partial charge in [-0.1, -0.05) is 35.5 Å². The van der Waals surface area contributed by atoms with E-state index in [1.807, 2.05) is 24.3 Å². The summed E-state index contributed by atoms with van der Waals surface area (Å²) in [7, 11) is 0. The summed E-state index contributed by atoms with van der Waals surface area (Å²) in [4.78, 5) is 3.81. The highest BCUT2D eigenvalue weighted by Crippen LogP contribution is 2.34. The Morgan fingerprint density at radius 3 is 2.12 bits per heavy atom. The molecule has 0 radical (unpaired) electrons. The predicted octanol–water partition coefficient (Wildman–Crippen LogP) is 5.21. The van der Waals surface area contributed by atoms with E-state index in [1.165, 1.54) is 14.7 Å². The summed E-state index contributed by atoms with van der Waals surface area (Å²) in [5, 5.41) is 0.780. The maximum absolute atomic E-state index is 5.86. The van der Waals surface area contributed by atoms with E-state index in [0.717, 1.165) is 5.02 Å². The lowest BCUT2D eigenvalue weighted by Gasteiger charge is -2.06. The van der Waals surface area contributed by atoms with Gasteiger partial charge in [-0.2, -0.15) is 0 Å². The molecule has 0 heterocycles. The zero-order valence-corrected chi connectivity index (χ0v) is 11.2. The lowest BCUT2D eigenvalue weighted by Crippen LogP contribution is -1.77. The normalized spacial score (nSPS) is 10.4. The van der Waals surface area contributed by atoms with E-state index in [2.05, 4.69) is 30.5 Å². The quantitative estimate of drug-likeness (QED) is 0.699. The van der Waals surface area contributed by atoms with Crippen LogP contribution in [-0.4, -0.2) is 6.26 Å². The Balaban J connectivity index is 2.23. The molecule has 0 spiro atoms. The van der Waals surface area contributed by atoms with Crippen molar-refractivity contribution in [3.05, 3.63) is 53.6 Å². The third kappa shape index (κ3) is 2.97. The number of rotatable bonds is 3. The first-order valence-electron chi connectivity index (χ1n) is 4.86. The summed E-state index contributed by atoms with van der Waals surface area (Å²) >= 11 is 9.40. The van der Waals surface area contributed by atoms with E-state index in [-0.39, 0.29) is 0 Å². The summed E-state index contributed by atoms with van der Waals surface area (Å²) in [5.41, 5.74) is 0. The van der Waals surface area contributed by atoms with Gasteiger partial charge in [-0.15, -0.1) is 11.8 Å². The van der Waals surface area contributed by atoms with Crippen LogP contribution in [0, 0.1) is 0 Å². The molecular weight excluding hydrogens is 256 g/mol. The van der Waals surface area contributed by atoms with Crippen molar-refractivity contribution in [2.45, 2.75) is 14.7 Å². The average Bonchev–Trinajstić information content (AvgIpc) is 2.33. The standard InChI is InChI=1S/C13H11ClS2/c1-15-12-4-2-3-5-13(12)16-11-8-6-10(14)7-9-11/h2-9H,1H3. The maximum Gasteiger partial charge on any atom is 0.0406 e. The molecule has 0 bridgehead atoms. The minimum absolute atomic E-state index is 0.780. The predicted molar refractivity (Wildman–Crippen MR) is 73.8 cm³/mol. The lowest BCUT2D eigenvalue weighted by molar-refractivity contribution is 1.24. The van der Waals surface area contributed by atoms with Gasteiger partial charge in [0, 0.05) is 19.7 Å². The van der Waals surface area contributed by atoms with E-state index in [4.69, 9.17) is 11.6 Å². The van der Waals surface area contributed by atoms with E-state index in [9.17, 15) is 0 Å². The van der Waals surface area contributed by atoms with Crippen molar-refractivity contribution in [1.29, 1.82) is 0 Å². The van der Waals surface area contributed by atoms with Crippen molar-refractivity contribution in [2.24, 2.45) is 0 Å². The Morgan fingerprint density at radius 1 is 0.875 bits per heavy atom. The van der Waals surface area contributed by atoms with Gasteiger partial charge in [0.15, 0.2) is 0 Å². The van der Waals surface area contributed by atoms with E-state index in [0.29, 0.717) is 0 Å². The molecule has 0 N–H and O–H groups in total. The molecule has 0 amide bonds. The maximum atomic E-state index is 5.86. The Labute approximate surface area is 109 Å². The molecule has 0 saturated carbocycles. The third-order valence-electron chi connectivity index (χ3n) is 2.11. The molecular formula is C13H11ClS2. The van der Waals surface area contributed by atoms with Crippen molar-refractivity contribution in [3.8, 4) is 0 Å². The highest BCUT2D eigenvalue weighted by molar-refractivity contribution is 8.02. The highest BCUT2D eigenvalue weighted by Gasteiger charge is 2.02. The van der Waals surface area contributed by atoms with Crippen molar-refractivity contribution >= 4 is 35.1 Å². The minimum Gasteiger partial charge on any atom is -0.128 e. The number of thioether (sulfide) groups is 1. The third-order valence-corrected chi connectivity index (χ3v) is 4.37. The SMILES string of the molecule is CSc1ccccc1Sc1ccc(Cl)cc1. The van der Waals surface area contributed by atoms with Gasteiger partial charge in [0.05, 0.1) is 0 Å². The van der Waals surface area contributed by atoms with Crippen molar-refractivity contribution in [3.63, 3.8) is 0 Å². The summed E-state index contributed by atoms with van der Waals surface area (Å²) in [6.45, 7) is 0. The van der Waals surface area contributed by atoms with Crippen LogP contribution in [0.4, 0.5) is 0 Å². The molecule has 0 nitrogen and oxygen atoms in total. The Morgan fingerprint density at radius 2 is 1.50 bits per heavy atom.